The van der Waals surface area contributed by atoms with Crippen molar-refractivity contribution >= 4 is 6.09 Å². The number of hydrogen-bond donors (Lipinski definition) is 1. The molecular formula is C26H31N7O2. The van der Waals surface area contributed by atoms with Crippen LogP contribution in [0, 0.1) is 0 Å². The zero-order valence-corrected chi connectivity index (χ0v) is 20.4. The number of nitrogens with zero attached hydrogens (tertiary/aromatic N) is 7. The molecule has 0 radical (unpaired) electrons. The van der Waals surface area contributed by atoms with E-state index < -0.39 is 6.09 Å². The van der Waals surface area contributed by atoms with Crippen molar-refractivity contribution in [1.82, 2.24) is 34.4 Å². The van der Waals surface area contributed by atoms with Crippen LogP contribution in [0.15, 0.2) is 61.4 Å². The van der Waals surface area contributed by atoms with Crippen LogP contribution in [0.3, 0.4) is 0 Å². The summed E-state index contributed by atoms with van der Waals surface area (Å²) in [7, 11) is 4.87. The highest BCUT2D eigenvalue weighted by atomic mass is 16.4. The number of carbonyl (C=O) groups is 1. The molecule has 182 valence electrons. The lowest BCUT2D eigenvalue weighted by Gasteiger charge is -2.21. The van der Waals surface area contributed by atoms with Crippen LogP contribution in [0.2, 0.25) is 0 Å². The van der Waals surface area contributed by atoms with Gasteiger partial charge in [0.2, 0.25) is 0 Å². The first kappa shape index (κ1) is 24.1. The largest absolute Gasteiger partial charge is 0.465 e. The second kappa shape index (κ2) is 10.9. The fourth-order valence-electron chi connectivity index (χ4n) is 4.07. The van der Waals surface area contributed by atoms with Gasteiger partial charge in [0, 0.05) is 68.2 Å². The summed E-state index contributed by atoms with van der Waals surface area (Å²) in [5.41, 5.74) is 5.26. The molecule has 1 fully saturated rings. The van der Waals surface area contributed by atoms with Crippen LogP contribution in [0.25, 0.3) is 33.6 Å². The molecule has 0 aliphatic heterocycles. The van der Waals surface area contributed by atoms with E-state index in [9.17, 15) is 4.79 Å². The van der Waals surface area contributed by atoms with Gasteiger partial charge in [-0.1, -0.05) is 37.5 Å². The van der Waals surface area contributed by atoms with Gasteiger partial charge in [-0.05, 0) is 24.5 Å². The summed E-state index contributed by atoms with van der Waals surface area (Å²) in [6.07, 6.45) is 17.2. The summed E-state index contributed by atoms with van der Waals surface area (Å²) in [4.78, 5) is 19.9. The van der Waals surface area contributed by atoms with Crippen LogP contribution < -0.4 is 0 Å². The molecule has 1 amide bonds. The maximum Gasteiger partial charge on any atom is 0.406 e. The Hall–Kier alpha value is -4.01. The highest BCUT2D eigenvalue weighted by Crippen LogP contribution is 2.29. The Kier molecular flexibility index (Phi) is 7.54. The Balaban J connectivity index is 0.000000431. The molecule has 3 aromatic heterocycles. The van der Waals surface area contributed by atoms with E-state index in [-0.39, 0.29) is 0 Å². The van der Waals surface area contributed by atoms with Crippen LogP contribution in [-0.2, 0) is 7.05 Å². The predicted octanol–water partition coefficient (Wildman–Crippen LogP) is 5.14. The number of benzene rings is 1. The minimum absolute atomic E-state index is 0.535. The molecule has 4 aromatic rings. The van der Waals surface area contributed by atoms with Gasteiger partial charge in [-0.15, -0.1) is 0 Å². The molecule has 0 atom stereocenters. The fourth-order valence-corrected chi connectivity index (χ4v) is 4.07. The average Bonchev–Trinajstić information content (AvgIpc) is 3.55. The molecule has 0 unspecified atom stereocenters. The van der Waals surface area contributed by atoms with Gasteiger partial charge >= 0.3 is 6.09 Å². The number of carboxylic acid groups (broad SMARTS) is 1. The molecule has 9 heteroatoms. The van der Waals surface area contributed by atoms with Crippen LogP contribution in [0.4, 0.5) is 4.79 Å². The van der Waals surface area contributed by atoms with Crippen molar-refractivity contribution in [3.8, 4) is 33.6 Å². The normalized spacial score (nSPS) is 13.7. The van der Waals surface area contributed by atoms with Crippen molar-refractivity contribution in [2.24, 2.45) is 7.05 Å². The standard InChI is InChI=1S/C23H24N6.C3H7NO2/c1-28-15-20(13-26-28)17-6-5-7-18(10-17)23-24-11-19(12-25-23)21-14-27-29(16-21)22-8-3-2-4-9-22;1-4(2)3(5)6/h5-7,10-16,22H,2-4,8-9H2,1H3;1-2H3,(H,5,6). The summed E-state index contributed by atoms with van der Waals surface area (Å²) in [5.74, 6) is 0.721. The SMILES string of the molecule is CN(C)C(=O)O.Cn1cc(-c2cccc(-c3ncc(-c4cnn(C5CCCCC5)c4)cn3)c2)cn1. The first-order valence-corrected chi connectivity index (χ1v) is 11.8. The molecule has 1 N–H and O–H groups in total. The lowest BCUT2D eigenvalue weighted by atomic mass is 9.96. The molecule has 3 heterocycles. The van der Waals surface area contributed by atoms with Crippen molar-refractivity contribution < 1.29 is 9.90 Å². The van der Waals surface area contributed by atoms with Gasteiger partial charge in [-0.25, -0.2) is 14.8 Å². The zero-order valence-electron chi connectivity index (χ0n) is 20.4. The molecule has 1 aliphatic carbocycles. The van der Waals surface area contributed by atoms with E-state index in [4.69, 9.17) is 5.11 Å². The second-order valence-corrected chi connectivity index (χ2v) is 8.96. The number of aromatic nitrogens is 6. The third kappa shape index (κ3) is 6.11. The van der Waals surface area contributed by atoms with E-state index in [2.05, 4.69) is 43.2 Å². The number of amides is 1. The minimum atomic E-state index is -0.907. The van der Waals surface area contributed by atoms with Gasteiger partial charge in [0.05, 0.1) is 18.4 Å². The minimum Gasteiger partial charge on any atom is -0.465 e. The van der Waals surface area contributed by atoms with Gasteiger partial charge in [0.15, 0.2) is 5.82 Å². The number of hydrogen-bond acceptors (Lipinski definition) is 5. The van der Waals surface area contributed by atoms with E-state index >= 15 is 0 Å². The zero-order chi connectivity index (χ0) is 24.8. The van der Waals surface area contributed by atoms with Gasteiger partial charge in [-0.2, -0.15) is 10.2 Å². The van der Waals surface area contributed by atoms with Crippen molar-refractivity contribution in [2.45, 2.75) is 38.1 Å². The van der Waals surface area contributed by atoms with E-state index in [0.717, 1.165) is 38.5 Å². The lowest BCUT2D eigenvalue weighted by molar-refractivity contribution is 0.165. The van der Waals surface area contributed by atoms with Crippen LogP contribution in [0.5, 0.6) is 0 Å². The average molecular weight is 474 g/mol. The molecule has 1 aromatic carbocycles. The molecule has 0 spiro atoms. The molecular weight excluding hydrogens is 442 g/mol. The fraction of sp³-hybridized carbons (Fsp3) is 0.346. The Labute approximate surface area is 205 Å². The Morgan fingerprint density at radius 3 is 2.14 bits per heavy atom. The van der Waals surface area contributed by atoms with Crippen molar-refractivity contribution in [3.63, 3.8) is 0 Å². The monoisotopic (exact) mass is 473 g/mol. The van der Waals surface area contributed by atoms with Crippen molar-refractivity contribution in [3.05, 3.63) is 61.4 Å². The van der Waals surface area contributed by atoms with E-state index in [1.807, 2.05) is 50.2 Å². The van der Waals surface area contributed by atoms with Crippen molar-refractivity contribution in [1.29, 1.82) is 0 Å². The summed E-state index contributed by atoms with van der Waals surface area (Å²) < 4.78 is 3.93. The topological polar surface area (TPSA) is 102 Å². The highest BCUT2D eigenvalue weighted by molar-refractivity contribution is 5.70. The number of aryl methyl sites for hydroxylation is 1. The van der Waals surface area contributed by atoms with E-state index in [1.165, 1.54) is 46.2 Å². The Morgan fingerprint density at radius 1 is 0.886 bits per heavy atom. The third-order valence-electron chi connectivity index (χ3n) is 6.08. The molecule has 0 bridgehead atoms. The van der Waals surface area contributed by atoms with Crippen LogP contribution >= 0.6 is 0 Å². The predicted molar refractivity (Wildman–Crippen MR) is 135 cm³/mol. The maximum absolute atomic E-state index is 9.62. The Bertz CT molecular complexity index is 1250. The Morgan fingerprint density at radius 2 is 1.51 bits per heavy atom. The van der Waals surface area contributed by atoms with Crippen LogP contribution in [0.1, 0.15) is 38.1 Å². The molecule has 1 aliphatic rings. The first-order valence-electron chi connectivity index (χ1n) is 11.8. The summed E-state index contributed by atoms with van der Waals surface area (Å²) >= 11 is 0. The van der Waals surface area contributed by atoms with Crippen LogP contribution in [-0.4, -0.2) is 59.7 Å². The molecule has 5 rings (SSSR count). The molecule has 9 nitrogen and oxygen atoms in total. The molecule has 35 heavy (non-hydrogen) atoms. The molecule has 0 saturated heterocycles. The first-order chi connectivity index (χ1) is 16.9. The lowest BCUT2D eigenvalue weighted by Crippen LogP contribution is -2.18. The van der Waals surface area contributed by atoms with Gasteiger partial charge in [-0.3, -0.25) is 9.36 Å². The third-order valence-corrected chi connectivity index (χ3v) is 6.08. The summed E-state index contributed by atoms with van der Waals surface area (Å²) in [6, 6.07) is 8.79. The highest BCUT2D eigenvalue weighted by Gasteiger charge is 2.16. The quantitative estimate of drug-likeness (QED) is 0.440. The number of rotatable bonds is 4. The molecule has 1 saturated carbocycles. The van der Waals surface area contributed by atoms with E-state index in [0.29, 0.717) is 6.04 Å². The van der Waals surface area contributed by atoms with Gasteiger partial charge in [0.1, 0.15) is 0 Å². The second-order valence-electron chi connectivity index (χ2n) is 8.96. The van der Waals surface area contributed by atoms with E-state index in [1.54, 1.807) is 4.68 Å². The summed E-state index contributed by atoms with van der Waals surface area (Å²) in [6.45, 7) is 0. The van der Waals surface area contributed by atoms with Gasteiger partial charge in [0.25, 0.3) is 0 Å². The van der Waals surface area contributed by atoms with Gasteiger partial charge < -0.3 is 10.0 Å². The maximum atomic E-state index is 9.62. The summed E-state index contributed by atoms with van der Waals surface area (Å²) in [5, 5.41) is 16.8. The smallest absolute Gasteiger partial charge is 0.406 e. The van der Waals surface area contributed by atoms with Crippen molar-refractivity contribution in [2.75, 3.05) is 14.1 Å².